The van der Waals surface area contributed by atoms with Gasteiger partial charge in [0.15, 0.2) is 4.90 Å². The van der Waals surface area contributed by atoms with Crippen molar-refractivity contribution in [2.75, 3.05) is 13.2 Å². The average Bonchev–Trinajstić information content (AvgIpc) is 2.86. The highest BCUT2D eigenvalue weighted by atomic mass is 32.2. The van der Waals surface area contributed by atoms with Crippen LogP contribution in [-0.4, -0.2) is 41.9 Å². The third-order valence-electron chi connectivity index (χ3n) is 3.25. The molecule has 0 aliphatic carbocycles. The first-order valence-electron chi connectivity index (χ1n) is 5.95. The summed E-state index contributed by atoms with van der Waals surface area (Å²) in [5.41, 5.74) is -1.06. The van der Waals surface area contributed by atoms with Gasteiger partial charge in [-0.25, -0.2) is 8.42 Å². The zero-order chi connectivity index (χ0) is 14.9. The van der Waals surface area contributed by atoms with E-state index < -0.39 is 37.4 Å². The Kier molecular flexibility index (Phi) is 4.02. The Morgan fingerprint density at radius 3 is 2.80 bits per heavy atom. The van der Waals surface area contributed by atoms with Crippen molar-refractivity contribution in [3.63, 3.8) is 0 Å². The number of sulfonamides is 1. The third-order valence-corrected chi connectivity index (χ3v) is 5.24. The summed E-state index contributed by atoms with van der Waals surface area (Å²) in [6, 6.07) is 2.33. The molecular formula is C11H13FN2O5S. The number of nitro benzene ring substituents is 1. The number of rotatable bonds is 4. The van der Waals surface area contributed by atoms with Crippen molar-refractivity contribution >= 4 is 15.7 Å². The van der Waals surface area contributed by atoms with Gasteiger partial charge in [-0.1, -0.05) is 6.07 Å². The van der Waals surface area contributed by atoms with Gasteiger partial charge < -0.3 is 5.11 Å². The molecule has 0 saturated carbocycles. The molecule has 0 aromatic heterocycles. The Hall–Kier alpha value is -1.58. The van der Waals surface area contributed by atoms with E-state index in [0.29, 0.717) is 12.8 Å². The molecule has 0 amide bonds. The Morgan fingerprint density at radius 1 is 1.50 bits per heavy atom. The molecule has 1 heterocycles. The lowest BCUT2D eigenvalue weighted by Crippen LogP contribution is -2.37. The van der Waals surface area contributed by atoms with Crippen LogP contribution in [0.2, 0.25) is 0 Å². The van der Waals surface area contributed by atoms with Crippen molar-refractivity contribution in [3.8, 4) is 0 Å². The van der Waals surface area contributed by atoms with Crippen LogP contribution in [0.25, 0.3) is 0 Å². The summed E-state index contributed by atoms with van der Waals surface area (Å²) < 4.78 is 39.4. The van der Waals surface area contributed by atoms with Crippen LogP contribution in [0.3, 0.4) is 0 Å². The van der Waals surface area contributed by atoms with Crippen molar-refractivity contribution in [2.24, 2.45) is 0 Å². The van der Waals surface area contributed by atoms with Gasteiger partial charge >= 0.3 is 5.69 Å². The van der Waals surface area contributed by atoms with Crippen LogP contribution < -0.4 is 0 Å². The lowest BCUT2D eigenvalue weighted by molar-refractivity contribution is -0.390. The van der Waals surface area contributed by atoms with Crippen LogP contribution >= 0.6 is 0 Å². The van der Waals surface area contributed by atoms with E-state index in [1.54, 1.807) is 0 Å². The zero-order valence-corrected chi connectivity index (χ0v) is 11.2. The SMILES string of the molecule is O=[N+]([O-])c1c(F)cccc1S(=O)(=O)N1CCC[C@H]1CO. The molecule has 0 spiro atoms. The molecule has 7 nitrogen and oxygen atoms in total. The molecular weight excluding hydrogens is 291 g/mol. The van der Waals surface area contributed by atoms with Gasteiger partial charge in [-0.3, -0.25) is 10.1 Å². The molecule has 0 radical (unpaired) electrons. The number of aliphatic hydroxyl groups is 1. The standard InChI is InChI=1S/C11H13FN2O5S/c12-9-4-1-5-10(11(9)14(16)17)20(18,19)13-6-2-3-8(13)7-15/h1,4-5,8,15H,2-3,6-7H2/t8-/m0/s1. The number of benzene rings is 1. The summed E-state index contributed by atoms with van der Waals surface area (Å²) in [6.07, 6.45) is 1.02. The number of nitro groups is 1. The van der Waals surface area contributed by atoms with Crippen molar-refractivity contribution < 1.29 is 22.8 Å². The molecule has 1 atom stereocenters. The summed E-state index contributed by atoms with van der Waals surface area (Å²) in [5, 5.41) is 20.1. The first kappa shape index (κ1) is 14.8. The van der Waals surface area contributed by atoms with E-state index >= 15 is 0 Å². The maximum absolute atomic E-state index is 13.5. The maximum atomic E-state index is 13.5. The second-order valence-electron chi connectivity index (χ2n) is 4.44. The van der Waals surface area contributed by atoms with Gasteiger partial charge in [-0.2, -0.15) is 8.70 Å². The lowest BCUT2D eigenvalue weighted by Gasteiger charge is -2.22. The topological polar surface area (TPSA) is 101 Å². The van der Waals surface area contributed by atoms with Crippen LogP contribution in [0, 0.1) is 15.9 Å². The van der Waals surface area contributed by atoms with Gasteiger partial charge in [0.2, 0.25) is 15.8 Å². The van der Waals surface area contributed by atoms with Gasteiger partial charge in [-0.05, 0) is 25.0 Å². The monoisotopic (exact) mass is 304 g/mol. The van der Waals surface area contributed by atoms with Crippen LogP contribution in [-0.2, 0) is 10.0 Å². The highest BCUT2D eigenvalue weighted by Gasteiger charge is 2.39. The molecule has 1 aliphatic heterocycles. The second-order valence-corrected chi connectivity index (χ2v) is 6.30. The molecule has 0 bridgehead atoms. The first-order valence-corrected chi connectivity index (χ1v) is 7.39. The predicted molar refractivity (Wildman–Crippen MR) is 67.1 cm³/mol. The normalized spacial score (nSPS) is 20.2. The number of nitrogens with zero attached hydrogens (tertiary/aromatic N) is 2. The van der Waals surface area contributed by atoms with E-state index in [2.05, 4.69) is 0 Å². The summed E-state index contributed by atoms with van der Waals surface area (Å²) in [4.78, 5) is 9.16. The lowest BCUT2D eigenvalue weighted by atomic mass is 10.2. The number of hydrogen-bond donors (Lipinski definition) is 1. The maximum Gasteiger partial charge on any atom is 0.324 e. The molecule has 1 fully saturated rings. The predicted octanol–water partition coefficient (Wildman–Crippen LogP) is 0.879. The summed E-state index contributed by atoms with van der Waals surface area (Å²) in [5.74, 6) is -1.20. The molecule has 20 heavy (non-hydrogen) atoms. The quantitative estimate of drug-likeness (QED) is 0.657. The van der Waals surface area contributed by atoms with Crippen LogP contribution in [0.15, 0.2) is 23.1 Å². The van der Waals surface area contributed by atoms with E-state index in [1.807, 2.05) is 0 Å². The molecule has 2 rings (SSSR count). The van der Waals surface area contributed by atoms with E-state index in [-0.39, 0.29) is 13.2 Å². The Labute approximate surface area is 114 Å². The fourth-order valence-electron chi connectivity index (χ4n) is 2.32. The van der Waals surface area contributed by atoms with E-state index in [0.717, 1.165) is 22.5 Å². The van der Waals surface area contributed by atoms with Crippen molar-refractivity contribution in [1.29, 1.82) is 0 Å². The molecule has 1 N–H and O–H groups in total. The molecule has 1 saturated heterocycles. The Balaban J connectivity index is 2.55. The van der Waals surface area contributed by atoms with Crippen LogP contribution in [0.4, 0.5) is 10.1 Å². The minimum Gasteiger partial charge on any atom is -0.395 e. The minimum atomic E-state index is -4.21. The van der Waals surface area contributed by atoms with Crippen molar-refractivity contribution in [1.82, 2.24) is 4.31 Å². The fraction of sp³-hybridized carbons (Fsp3) is 0.455. The van der Waals surface area contributed by atoms with Gasteiger partial charge in [-0.15, -0.1) is 0 Å². The summed E-state index contributed by atoms with van der Waals surface area (Å²) in [7, 11) is -4.21. The Bertz CT molecular complexity index is 634. The van der Waals surface area contributed by atoms with Gasteiger partial charge in [0.05, 0.1) is 11.5 Å². The van der Waals surface area contributed by atoms with Crippen LogP contribution in [0.5, 0.6) is 0 Å². The zero-order valence-electron chi connectivity index (χ0n) is 10.4. The Morgan fingerprint density at radius 2 is 2.20 bits per heavy atom. The first-order chi connectivity index (χ1) is 9.39. The smallest absolute Gasteiger partial charge is 0.324 e. The fourth-order valence-corrected chi connectivity index (χ4v) is 4.17. The highest BCUT2D eigenvalue weighted by Crippen LogP contribution is 2.32. The summed E-state index contributed by atoms with van der Waals surface area (Å²) >= 11 is 0. The minimum absolute atomic E-state index is 0.154. The van der Waals surface area contributed by atoms with E-state index in [1.165, 1.54) is 0 Å². The molecule has 110 valence electrons. The third kappa shape index (κ3) is 2.39. The molecule has 1 aromatic carbocycles. The second kappa shape index (κ2) is 5.43. The molecule has 0 unspecified atom stereocenters. The molecule has 1 aromatic rings. The molecule has 9 heteroatoms. The number of aliphatic hydroxyl groups excluding tert-OH is 1. The van der Waals surface area contributed by atoms with Gasteiger partial charge in [0.1, 0.15) is 0 Å². The number of hydrogen-bond acceptors (Lipinski definition) is 5. The largest absolute Gasteiger partial charge is 0.395 e. The van der Waals surface area contributed by atoms with Crippen LogP contribution in [0.1, 0.15) is 12.8 Å². The molecule has 1 aliphatic rings. The van der Waals surface area contributed by atoms with Gasteiger partial charge in [0, 0.05) is 12.6 Å². The average molecular weight is 304 g/mol. The van der Waals surface area contributed by atoms with E-state index in [4.69, 9.17) is 5.11 Å². The van der Waals surface area contributed by atoms with Gasteiger partial charge in [0.25, 0.3) is 0 Å². The highest BCUT2D eigenvalue weighted by molar-refractivity contribution is 7.89. The van der Waals surface area contributed by atoms with Crippen molar-refractivity contribution in [3.05, 3.63) is 34.1 Å². The number of halogens is 1. The van der Waals surface area contributed by atoms with E-state index in [9.17, 15) is 22.9 Å². The summed E-state index contributed by atoms with van der Waals surface area (Å²) in [6.45, 7) is -0.219. The van der Waals surface area contributed by atoms with Crippen molar-refractivity contribution in [2.45, 2.75) is 23.8 Å². The number of para-hydroxylation sites is 1.